The Morgan fingerprint density at radius 2 is 2.14 bits per heavy atom. The highest BCUT2D eigenvalue weighted by molar-refractivity contribution is 5.69. The van der Waals surface area contributed by atoms with Crippen LogP contribution in [0, 0.1) is 5.92 Å². The number of nitrogens with zero attached hydrogens (tertiary/aromatic N) is 4. The first-order chi connectivity index (χ1) is 16.9. The van der Waals surface area contributed by atoms with E-state index in [-0.39, 0.29) is 11.4 Å². The Morgan fingerprint density at radius 1 is 1.31 bits per heavy atom. The number of fused-ring (bicyclic) bond motifs is 1. The third kappa shape index (κ3) is 4.12. The van der Waals surface area contributed by atoms with Gasteiger partial charge in [0.25, 0.3) is 6.43 Å². The smallest absolute Gasteiger partial charge is 0.407 e. The van der Waals surface area contributed by atoms with E-state index < -0.39 is 37.3 Å². The number of anilines is 2. The normalized spacial score (nSPS) is 29.0. The summed E-state index contributed by atoms with van der Waals surface area (Å²) in [7, 11) is 0. The van der Waals surface area contributed by atoms with Crippen LogP contribution in [0.4, 0.5) is 29.7 Å². The van der Waals surface area contributed by atoms with Crippen molar-refractivity contribution in [1.82, 2.24) is 29.9 Å². The van der Waals surface area contributed by atoms with Gasteiger partial charge in [-0.25, -0.2) is 22.9 Å². The Balaban J connectivity index is 1.09. The van der Waals surface area contributed by atoms with Crippen molar-refractivity contribution >= 4 is 23.5 Å². The molecule has 0 aromatic carbocycles. The van der Waals surface area contributed by atoms with Gasteiger partial charge in [-0.15, -0.1) is 0 Å². The van der Waals surface area contributed by atoms with Gasteiger partial charge in [0.15, 0.2) is 12.4 Å². The molecule has 1 amide bonds. The molecule has 0 aliphatic heterocycles. The summed E-state index contributed by atoms with van der Waals surface area (Å²) in [5.41, 5.74) is 0.904. The lowest BCUT2D eigenvalue weighted by atomic mass is 9.50. The number of aromatic nitrogens is 5. The first-order valence-electron chi connectivity index (χ1n) is 11.6. The molecule has 35 heavy (non-hydrogen) atoms. The topological polar surface area (TPSA) is 118 Å². The highest BCUT2D eigenvalue weighted by Crippen LogP contribution is 2.57. The van der Waals surface area contributed by atoms with Crippen LogP contribution in [0.5, 0.6) is 5.88 Å². The van der Waals surface area contributed by atoms with Crippen molar-refractivity contribution in [1.29, 1.82) is 0 Å². The SMILES string of the molecule is O=C(NC12CC(C1)C2)O[C@H]1CC[C@@H](c2cc(Nc3nccc4nc(OCC(F)F)cn34)n[nH]2)[C@@H]1F. The van der Waals surface area contributed by atoms with Crippen LogP contribution in [0.2, 0.25) is 0 Å². The summed E-state index contributed by atoms with van der Waals surface area (Å²) in [6, 6.07) is 3.28. The Bertz CT molecular complexity index is 1230. The maximum atomic E-state index is 15.1. The van der Waals surface area contributed by atoms with Gasteiger partial charge in [0.05, 0.1) is 6.20 Å². The lowest BCUT2D eigenvalue weighted by Crippen LogP contribution is -2.68. The second kappa shape index (κ2) is 8.31. The predicted octanol–water partition coefficient (Wildman–Crippen LogP) is 3.70. The van der Waals surface area contributed by atoms with Crippen molar-refractivity contribution in [3.8, 4) is 5.88 Å². The average molecular weight is 491 g/mol. The van der Waals surface area contributed by atoms with Gasteiger partial charge in [-0.2, -0.15) is 10.1 Å². The van der Waals surface area contributed by atoms with Crippen molar-refractivity contribution in [3.05, 3.63) is 30.2 Å². The monoisotopic (exact) mass is 491 g/mol. The fraction of sp³-hybridized carbons (Fsp3) is 0.545. The van der Waals surface area contributed by atoms with Crippen LogP contribution >= 0.6 is 0 Å². The van der Waals surface area contributed by atoms with Crippen molar-refractivity contribution in [2.45, 2.75) is 62.3 Å². The lowest BCUT2D eigenvalue weighted by Gasteiger charge is -2.61. The van der Waals surface area contributed by atoms with E-state index in [1.54, 1.807) is 12.1 Å². The van der Waals surface area contributed by atoms with Crippen molar-refractivity contribution < 1.29 is 27.4 Å². The summed E-state index contributed by atoms with van der Waals surface area (Å²) in [5.74, 6) is 0.994. The molecule has 4 saturated carbocycles. The first-order valence-corrected chi connectivity index (χ1v) is 11.6. The molecular formula is C22H24F3N7O3. The highest BCUT2D eigenvalue weighted by Gasteiger charge is 2.58. The molecule has 3 heterocycles. The first kappa shape index (κ1) is 22.0. The number of halogens is 3. The summed E-state index contributed by atoms with van der Waals surface area (Å²) < 4.78 is 51.9. The Morgan fingerprint density at radius 3 is 2.89 bits per heavy atom. The fourth-order valence-corrected chi connectivity index (χ4v) is 5.30. The molecule has 4 aliphatic rings. The van der Waals surface area contributed by atoms with Gasteiger partial charge in [-0.1, -0.05) is 0 Å². The number of carbonyl (C=O) groups is 1. The zero-order valence-corrected chi connectivity index (χ0v) is 18.6. The number of carbonyl (C=O) groups excluding carboxylic acids is 1. The minimum Gasteiger partial charge on any atom is -0.470 e. The van der Waals surface area contributed by atoms with Crippen LogP contribution in [-0.4, -0.2) is 61.5 Å². The van der Waals surface area contributed by atoms with Gasteiger partial charge in [0.1, 0.15) is 17.9 Å². The van der Waals surface area contributed by atoms with E-state index in [1.165, 1.54) is 16.8 Å². The lowest BCUT2D eigenvalue weighted by molar-refractivity contribution is -0.0532. The summed E-state index contributed by atoms with van der Waals surface area (Å²) in [5, 5.41) is 13.0. The maximum Gasteiger partial charge on any atom is 0.407 e. The molecule has 13 heteroatoms. The number of alkyl halides is 3. The average Bonchev–Trinajstić information content (AvgIpc) is 3.48. The number of imidazole rings is 1. The Kier molecular flexibility index (Phi) is 5.22. The van der Waals surface area contributed by atoms with Crippen molar-refractivity contribution in [2.24, 2.45) is 5.92 Å². The van der Waals surface area contributed by atoms with Crippen LogP contribution in [0.3, 0.4) is 0 Å². The van der Waals surface area contributed by atoms with E-state index in [2.05, 4.69) is 30.8 Å². The zero-order chi connectivity index (χ0) is 24.2. The van der Waals surface area contributed by atoms with E-state index in [4.69, 9.17) is 9.47 Å². The highest BCUT2D eigenvalue weighted by atomic mass is 19.3. The number of hydrogen-bond acceptors (Lipinski definition) is 7. The van der Waals surface area contributed by atoms with Crippen LogP contribution in [0.1, 0.15) is 43.7 Å². The standard InChI is InChI=1S/C22H24F3N7O3/c23-15(24)10-34-18-9-32-17(28-18)3-4-26-20(32)27-16-5-13(30-31-16)12-1-2-14(19(12)25)35-21(33)29-22-6-11(7-22)8-22/h3-5,9,11-12,14-15,19H,1-2,6-8,10H2,(H,29,33)(H2,26,27,30,31)/t11?,12-,14-,19-,22?/m0/s1. The van der Waals surface area contributed by atoms with E-state index in [1.807, 2.05) is 0 Å². The molecule has 186 valence electrons. The van der Waals surface area contributed by atoms with Crippen molar-refractivity contribution in [2.75, 3.05) is 11.9 Å². The summed E-state index contributed by atoms with van der Waals surface area (Å²) in [4.78, 5) is 20.6. The van der Waals surface area contributed by atoms with Crippen LogP contribution in [0.15, 0.2) is 24.5 Å². The van der Waals surface area contributed by atoms with Crippen LogP contribution in [0.25, 0.3) is 5.65 Å². The fourth-order valence-electron chi connectivity index (χ4n) is 5.30. The number of rotatable bonds is 8. The van der Waals surface area contributed by atoms with E-state index in [0.29, 0.717) is 35.9 Å². The van der Waals surface area contributed by atoms with Crippen LogP contribution < -0.4 is 15.4 Å². The number of nitrogens with one attached hydrogen (secondary N) is 3. The summed E-state index contributed by atoms with van der Waals surface area (Å²) >= 11 is 0. The molecule has 0 radical (unpaired) electrons. The largest absolute Gasteiger partial charge is 0.470 e. The Labute approximate surface area is 197 Å². The second-order valence-corrected chi connectivity index (χ2v) is 9.57. The molecule has 3 aromatic heterocycles. The molecule has 10 nitrogen and oxygen atoms in total. The number of alkyl carbamates (subject to hydrolysis) is 1. The summed E-state index contributed by atoms with van der Waals surface area (Å²) in [6.45, 7) is -0.762. The molecular weight excluding hydrogens is 467 g/mol. The van der Waals surface area contributed by atoms with Gasteiger partial charge in [-0.05, 0) is 44.1 Å². The van der Waals surface area contributed by atoms with Gasteiger partial charge in [0.2, 0.25) is 11.8 Å². The number of aromatic amines is 1. The molecule has 0 saturated heterocycles. The molecule has 0 spiro atoms. The molecule has 0 unspecified atom stereocenters. The Hall–Kier alpha value is -3.51. The summed E-state index contributed by atoms with van der Waals surface area (Å²) in [6.07, 6.45) is 1.53. The molecule has 2 bridgehead atoms. The molecule has 4 fully saturated rings. The van der Waals surface area contributed by atoms with Crippen LogP contribution in [-0.2, 0) is 4.74 Å². The number of ether oxygens (including phenoxy) is 2. The van der Waals surface area contributed by atoms with Gasteiger partial charge in [-0.3, -0.25) is 9.50 Å². The van der Waals surface area contributed by atoms with E-state index in [0.717, 1.165) is 25.2 Å². The number of amides is 1. The molecule has 3 aromatic rings. The molecule has 4 aliphatic carbocycles. The second-order valence-electron chi connectivity index (χ2n) is 9.57. The minimum absolute atomic E-state index is 0.0411. The third-order valence-electron chi connectivity index (χ3n) is 7.12. The molecule has 3 N–H and O–H groups in total. The van der Waals surface area contributed by atoms with Gasteiger partial charge < -0.3 is 20.1 Å². The van der Waals surface area contributed by atoms with Gasteiger partial charge in [0, 0.05) is 29.4 Å². The number of hydrogen-bond donors (Lipinski definition) is 3. The van der Waals surface area contributed by atoms with Crippen molar-refractivity contribution in [3.63, 3.8) is 0 Å². The quantitative estimate of drug-likeness (QED) is 0.440. The zero-order valence-electron chi connectivity index (χ0n) is 18.6. The van der Waals surface area contributed by atoms with E-state index in [9.17, 15) is 13.6 Å². The predicted molar refractivity (Wildman–Crippen MR) is 117 cm³/mol. The number of H-pyrrole nitrogens is 1. The molecule has 7 rings (SSSR count). The molecule has 3 atom stereocenters. The third-order valence-corrected chi connectivity index (χ3v) is 7.12. The minimum atomic E-state index is -2.61. The van der Waals surface area contributed by atoms with Gasteiger partial charge >= 0.3 is 6.09 Å². The maximum absolute atomic E-state index is 15.1. The van der Waals surface area contributed by atoms with E-state index >= 15 is 4.39 Å².